The van der Waals surface area contributed by atoms with Crippen molar-refractivity contribution < 1.29 is 13.7 Å². The van der Waals surface area contributed by atoms with Crippen molar-refractivity contribution in [3.05, 3.63) is 45.6 Å². The third-order valence-electron chi connectivity index (χ3n) is 3.21. The van der Waals surface area contributed by atoms with Crippen molar-refractivity contribution in [2.45, 2.75) is 19.4 Å². The number of carbonyl (C=O) groups is 1. The molecule has 3 rings (SSSR count). The van der Waals surface area contributed by atoms with Gasteiger partial charge in [-0.15, -0.1) is 11.3 Å². The van der Waals surface area contributed by atoms with Crippen LogP contribution in [-0.4, -0.2) is 28.0 Å². The molecular weight excluding hydrogens is 338 g/mol. The van der Waals surface area contributed by atoms with Crippen molar-refractivity contribution in [1.82, 2.24) is 15.0 Å². The van der Waals surface area contributed by atoms with E-state index in [1.165, 1.54) is 11.3 Å². The molecular formula is C15H14ClN3O3S. The van der Waals surface area contributed by atoms with E-state index in [0.717, 1.165) is 9.21 Å². The predicted octanol–water partition coefficient (Wildman–Crippen LogP) is 3.64. The van der Waals surface area contributed by atoms with Crippen LogP contribution in [0.25, 0.3) is 11.6 Å². The lowest BCUT2D eigenvalue weighted by atomic mass is 10.2. The molecule has 3 aromatic rings. The van der Waals surface area contributed by atoms with Crippen LogP contribution >= 0.6 is 22.9 Å². The molecule has 0 bridgehead atoms. The van der Waals surface area contributed by atoms with Crippen molar-refractivity contribution >= 4 is 28.8 Å². The lowest BCUT2D eigenvalue weighted by Crippen LogP contribution is -2.26. The van der Waals surface area contributed by atoms with Gasteiger partial charge < -0.3 is 13.8 Å². The highest BCUT2D eigenvalue weighted by Crippen LogP contribution is 2.22. The van der Waals surface area contributed by atoms with Crippen molar-refractivity contribution in [3.63, 3.8) is 0 Å². The summed E-state index contributed by atoms with van der Waals surface area (Å²) in [5, 5.41) is 3.83. The Kier molecular flexibility index (Phi) is 4.78. The molecule has 0 atom stereocenters. The van der Waals surface area contributed by atoms with Crippen LogP contribution in [0.4, 0.5) is 0 Å². The Morgan fingerprint density at radius 2 is 2.26 bits per heavy atom. The van der Waals surface area contributed by atoms with Gasteiger partial charge in [-0.05, 0) is 24.3 Å². The van der Waals surface area contributed by atoms with E-state index in [1.54, 1.807) is 30.3 Å². The lowest BCUT2D eigenvalue weighted by molar-refractivity contribution is -0.130. The zero-order valence-corrected chi connectivity index (χ0v) is 13.9. The molecule has 8 heteroatoms. The molecule has 0 saturated heterocycles. The van der Waals surface area contributed by atoms with Gasteiger partial charge in [0.15, 0.2) is 5.76 Å². The number of amides is 1. The van der Waals surface area contributed by atoms with E-state index < -0.39 is 0 Å². The minimum absolute atomic E-state index is 0.00673. The monoisotopic (exact) mass is 351 g/mol. The van der Waals surface area contributed by atoms with Crippen LogP contribution in [0.2, 0.25) is 4.34 Å². The van der Waals surface area contributed by atoms with Crippen LogP contribution in [0.15, 0.2) is 39.5 Å². The highest BCUT2D eigenvalue weighted by molar-refractivity contribution is 7.16. The van der Waals surface area contributed by atoms with Gasteiger partial charge in [-0.3, -0.25) is 4.79 Å². The molecule has 0 aliphatic carbocycles. The van der Waals surface area contributed by atoms with Gasteiger partial charge in [0.2, 0.25) is 17.6 Å². The third kappa shape index (κ3) is 4.00. The summed E-state index contributed by atoms with van der Waals surface area (Å²) >= 11 is 7.36. The Hall–Kier alpha value is -2.12. The zero-order valence-electron chi connectivity index (χ0n) is 12.4. The van der Waals surface area contributed by atoms with Gasteiger partial charge in [-0.2, -0.15) is 4.98 Å². The number of hydrogen-bond donors (Lipinski definition) is 0. The van der Waals surface area contributed by atoms with Gasteiger partial charge >= 0.3 is 0 Å². The van der Waals surface area contributed by atoms with Crippen molar-refractivity contribution in [2.24, 2.45) is 0 Å². The maximum atomic E-state index is 12.2. The van der Waals surface area contributed by atoms with Crippen LogP contribution < -0.4 is 0 Å². The third-order valence-corrected chi connectivity index (χ3v) is 4.43. The van der Waals surface area contributed by atoms with Gasteiger partial charge in [-0.25, -0.2) is 0 Å². The molecule has 3 aromatic heterocycles. The standard InChI is InChI=1S/C15H14ClN3O3S/c1-19(9-10-4-5-12(16)23-10)14(20)7-6-13-17-15(18-22-13)11-3-2-8-21-11/h2-5,8H,6-7,9H2,1H3. The molecule has 0 aliphatic rings. The fourth-order valence-electron chi connectivity index (χ4n) is 2.03. The van der Waals surface area contributed by atoms with Crippen LogP contribution in [-0.2, 0) is 17.8 Å². The fourth-order valence-corrected chi connectivity index (χ4v) is 3.17. The highest BCUT2D eigenvalue weighted by atomic mass is 35.5. The molecule has 0 N–H and O–H groups in total. The molecule has 120 valence electrons. The summed E-state index contributed by atoms with van der Waals surface area (Å²) in [6, 6.07) is 7.25. The normalized spacial score (nSPS) is 10.9. The average Bonchev–Trinajstić information content (AvgIpc) is 3.26. The summed E-state index contributed by atoms with van der Waals surface area (Å²) in [6.07, 6.45) is 2.23. The van der Waals surface area contributed by atoms with Crippen molar-refractivity contribution in [2.75, 3.05) is 7.05 Å². The Bertz CT molecular complexity index is 782. The van der Waals surface area contributed by atoms with E-state index in [9.17, 15) is 4.79 Å². The minimum atomic E-state index is 0.00673. The fraction of sp³-hybridized carbons (Fsp3) is 0.267. The first-order chi connectivity index (χ1) is 11.1. The van der Waals surface area contributed by atoms with E-state index >= 15 is 0 Å². The molecule has 1 amide bonds. The zero-order chi connectivity index (χ0) is 16.2. The van der Waals surface area contributed by atoms with Crippen LogP contribution in [0.1, 0.15) is 17.2 Å². The average molecular weight is 352 g/mol. The van der Waals surface area contributed by atoms with Crippen molar-refractivity contribution in [3.8, 4) is 11.6 Å². The summed E-state index contributed by atoms with van der Waals surface area (Å²) in [6.45, 7) is 0.539. The molecule has 23 heavy (non-hydrogen) atoms. The molecule has 3 heterocycles. The molecule has 0 radical (unpaired) electrons. The number of thiophene rings is 1. The maximum Gasteiger partial charge on any atom is 0.238 e. The maximum absolute atomic E-state index is 12.2. The summed E-state index contributed by atoms with van der Waals surface area (Å²) in [4.78, 5) is 19.1. The first-order valence-corrected chi connectivity index (χ1v) is 8.16. The number of rotatable bonds is 6. The van der Waals surface area contributed by atoms with Crippen LogP contribution in [0, 0.1) is 0 Å². The number of nitrogens with zero attached hydrogens (tertiary/aromatic N) is 3. The van der Waals surface area contributed by atoms with Gasteiger partial charge in [-0.1, -0.05) is 16.8 Å². The van der Waals surface area contributed by atoms with E-state index in [-0.39, 0.29) is 5.91 Å². The van der Waals surface area contributed by atoms with Crippen LogP contribution in [0.3, 0.4) is 0 Å². The molecule has 0 saturated carbocycles. The summed E-state index contributed by atoms with van der Waals surface area (Å²) < 4.78 is 11.0. The quantitative estimate of drug-likeness (QED) is 0.678. The number of aryl methyl sites for hydroxylation is 1. The Morgan fingerprint density at radius 1 is 1.39 bits per heavy atom. The summed E-state index contributed by atoms with van der Waals surface area (Å²) in [5.41, 5.74) is 0. The molecule has 0 unspecified atom stereocenters. The molecule has 0 spiro atoms. The van der Waals surface area contributed by atoms with Gasteiger partial charge in [0.1, 0.15) is 0 Å². The number of aromatic nitrogens is 2. The number of halogens is 1. The number of furan rings is 1. The summed E-state index contributed by atoms with van der Waals surface area (Å²) in [7, 11) is 1.76. The SMILES string of the molecule is CN(Cc1ccc(Cl)s1)C(=O)CCc1nc(-c2ccco2)no1. The first-order valence-electron chi connectivity index (χ1n) is 6.96. The molecule has 0 aliphatic heterocycles. The smallest absolute Gasteiger partial charge is 0.238 e. The second-order valence-electron chi connectivity index (χ2n) is 4.94. The Morgan fingerprint density at radius 3 is 2.96 bits per heavy atom. The number of hydrogen-bond acceptors (Lipinski definition) is 6. The van der Waals surface area contributed by atoms with E-state index in [0.29, 0.717) is 36.9 Å². The van der Waals surface area contributed by atoms with Gasteiger partial charge in [0.25, 0.3) is 0 Å². The molecule has 6 nitrogen and oxygen atoms in total. The lowest BCUT2D eigenvalue weighted by Gasteiger charge is -2.15. The largest absolute Gasteiger partial charge is 0.461 e. The van der Waals surface area contributed by atoms with Gasteiger partial charge in [0, 0.05) is 24.8 Å². The Labute approximate surface area is 141 Å². The molecule has 0 aromatic carbocycles. The first kappa shape index (κ1) is 15.8. The van der Waals surface area contributed by atoms with E-state index in [2.05, 4.69) is 10.1 Å². The van der Waals surface area contributed by atoms with E-state index in [4.69, 9.17) is 20.5 Å². The second-order valence-corrected chi connectivity index (χ2v) is 6.74. The second kappa shape index (κ2) is 6.97. The number of carbonyl (C=O) groups excluding carboxylic acids is 1. The summed E-state index contributed by atoms with van der Waals surface area (Å²) in [5.74, 6) is 1.35. The predicted molar refractivity (Wildman–Crippen MR) is 86.1 cm³/mol. The van der Waals surface area contributed by atoms with E-state index in [1.807, 2.05) is 12.1 Å². The van der Waals surface area contributed by atoms with Crippen LogP contribution in [0.5, 0.6) is 0 Å². The molecule has 0 fully saturated rings. The minimum Gasteiger partial charge on any atom is -0.461 e. The topological polar surface area (TPSA) is 72.4 Å². The Balaban J connectivity index is 1.52. The van der Waals surface area contributed by atoms with Crippen molar-refractivity contribution in [1.29, 1.82) is 0 Å². The van der Waals surface area contributed by atoms with Gasteiger partial charge in [0.05, 0.1) is 17.1 Å². The highest BCUT2D eigenvalue weighted by Gasteiger charge is 2.15.